The Balaban J connectivity index is 1.96. The van der Waals surface area contributed by atoms with Gasteiger partial charge in [0.25, 0.3) is 0 Å². The van der Waals surface area contributed by atoms with Gasteiger partial charge in [-0.2, -0.15) is 0 Å². The van der Waals surface area contributed by atoms with E-state index in [0.29, 0.717) is 6.42 Å². The van der Waals surface area contributed by atoms with Crippen molar-refractivity contribution in [1.82, 2.24) is 0 Å². The largest absolute Gasteiger partial charge is 0.497 e. The summed E-state index contributed by atoms with van der Waals surface area (Å²) >= 11 is 0. The third kappa shape index (κ3) is 4.35. The molecule has 2 rings (SSSR count). The summed E-state index contributed by atoms with van der Waals surface area (Å²) in [6.45, 7) is 2.06. The highest BCUT2D eigenvalue weighted by Gasteiger charge is 2.07. The quantitative estimate of drug-likeness (QED) is 0.875. The highest BCUT2D eigenvalue weighted by atomic mass is 16.5. The molecule has 1 amide bonds. The summed E-state index contributed by atoms with van der Waals surface area (Å²) < 4.78 is 5.21. The molecule has 0 aliphatic heterocycles. The summed E-state index contributed by atoms with van der Waals surface area (Å²) in [6.07, 6.45) is 2.09. The Bertz CT molecular complexity index is 593. The van der Waals surface area contributed by atoms with Crippen LogP contribution < -0.4 is 10.1 Å². The van der Waals surface area contributed by atoms with E-state index < -0.39 is 0 Å². The van der Waals surface area contributed by atoms with Gasteiger partial charge in [0, 0.05) is 12.1 Å². The van der Waals surface area contributed by atoms with Gasteiger partial charge in [0.1, 0.15) is 5.75 Å². The van der Waals surface area contributed by atoms with Gasteiger partial charge >= 0.3 is 0 Å². The van der Waals surface area contributed by atoms with E-state index in [2.05, 4.69) is 12.2 Å². The van der Waals surface area contributed by atoms with Crippen LogP contribution in [0.3, 0.4) is 0 Å². The molecule has 0 atom stereocenters. The number of hydrogen-bond acceptors (Lipinski definition) is 2. The van der Waals surface area contributed by atoms with E-state index in [1.54, 1.807) is 7.11 Å². The Morgan fingerprint density at radius 3 is 2.57 bits per heavy atom. The monoisotopic (exact) mass is 283 g/mol. The number of anilines is 1. The molecular weight excluding hydrogens is 262 g/mol. The first kappa shape index (κ1) is 15.1. The Morgan fingerprint density at radius 1 is 1.14 bits per heavy atom. The fourth-order valence-corrected chi connectivity index (χ4v) is 2.23. The number of carbonyl (C=O) groups is 1. The lowest BCUT2D eigenvalue weighted by Crippen LogP contribution is -2.13. The van der Waals surface area contributed by atoms with E-state index in [1.165, 1.54) is 5.56 Å². The van der Waals surface area contributed by atoms with Crippen molar-refractivity contribution >= 4 is 11.6 Å². The fraction of sp³-hybridized carbons (Fsp3) is 0.278. The Morgan fingerprint density at radius 2 is 1.90 bits per heavy atom. The smallest absolute Gasteiger partial charge is 0.224 e. The summed E-state index contributed by atoms with van der Waals surface area (Å²) in [6, 6.07) is 15.8. The molecule has 2 aromatic carbocycles. The minimum absolute atomic E-state index is 0.0405. The number of amides is 1. The van der Waals surface area contributed by atoms with E-state index in [-0.39, 0.29) is 5.91 Å². The van der Waals surface area contributed by atoms with E-state index in [0.717, 1.165) is 29.8 Å². The molecule has 0 aromatic heterocycles. The molecular formula is C18H21NO2. The molecule has 0 spiro atoms. The molecule has 0 aliphatic carbocycles. The third-order valence-corrected chi connectivity index (χ3v) is 3.45. The van der Waals surface area contributed by atoms with E-state index in [9.17, 15) is 4.79 Å². The zero-order valence-corrected chi connectivity index (χ0v) is 12.6. The van der Waals surface area contributed by atoms with Crippen molar-refractivity contribution in [3.8, 4) is 5.75 Å². The Labute approximate surface area is 126 Å². The number of nitrogens with one attached hydrogen (secondary N) is 1. The van der Waals surface area contributed by atoms with Crippen LogP contribution in [0.15, 0.2) is 48.5 Å². The van der Waals surface area contributed by atoms with Gasteiger partial charge in [0.05, 0.1) is 7.11 Å². The van der Waals surface area contributed by atoms with Gasteiger partial charge in [-0.3, -0.25) is 4.79 Å². The van der Waals surface area contributed by atoms with Crippen LogP contribution in [0.25, 0.3) is 0 Å². The third-order valence-electron chi connectivity index (χ3n) is 3.45. The molecule has 0 unspecified atom stereocenters. The number of benzene rings is 2. The maximum atomic E-state index is 12.1. The fourth-order valence-electron chi connectivity index (χ4n) is 2.23. The van der Waals surface area contributed by atoms with E-state index >= 15 is 0 Å². The van der Waals surface area contributed by atoms with Gasteiger partial charge in [-0.1, -0.05) is 37.3 Å². The minimum atomic E-state index is 0.0405. The average Bonchev–Trinajstić information content (AvgIpc) is 2.54. The second-order valence-electron chi connectivity index (χ2n) is 4.91. The van der Waals surface area contributed by atoms with Gasteiger partial charge < -0.3 is 10.1 Å². The number of methoxy groups -OCH3 is 1. The highest BCUT2D eigenvalue weighted by molar-refractivity contribution is 5.91. The van der Waals surface area contributed by atoms with Gasteiger partial charge in [-0.15, -0.1) is 0 Å². The highest BCUT2D eigenvalue weighted by Crippen LogP contribution is 2.22. The number of carbonyl (C=O) groups excluding carboxylic acids is 1. The first-order valence-corrected chi connectivity index (χ1v) is 7.23. The number of rotatable bonds is 6. The minimum Gasteiger partial charge on any atom is -0.497 e. The van der Waals surface area contributed by atoms with Crippen molar-refractivity contribution in [3.05, 3.63) is 59.7 Å². The summed E-state index contributed by atoms with van der Waals surface area (Å²) in [5.41, 5.74) is 3.14. The molecule has 0 bridgehead atoms. The molecule has 110 valence electrons. The molecule has 0 radical (unpaired) electrons. The van der Waals surface area contributed by atoms with Gasteiger partial charge in [0.2, 0.25) is 5.91 Å². The Hall–Kier alpha value is -2.29. The molecule has 0 saturated carbocycles. The second-order valence-corrected chi connectivity index (χ2v) is 4.91. The van der Waals surface area contributed by atoms with Crippen molar-refractivity contribution in [3.63, 3.8) is 0 Å². The molecule has 1 N–H and O–H groups in total. The van der Waals surface area contributed by atoms with E-state index in [4.69, 9.17) is 4.74 Å². The summed E-state index contributed by atoms with van der Waals surface area (Å²) in [4.78, 5) is 12.1. The topological polar surface area (TPSA) is 38.3 Å². The van der Waals surface area contributed by atoms with Gasteiger partial charge in [-0.05, 0) is 42.2 Å². The first-order chi connectivity index (χ1) is 10.2. The van der Waals surface area contributed by atoms with Crippen LogP contribution in [-0.4, -0.2) is 13.0 Å². The number of ether oxygens (including phenoxy) is 1. The average molecular weight is 283 g/mol. The predicted molar refractivity (Wildman–Crippen MR) is 85.8 cm³/mol. The standard InChI is InChI=1S/C18H21NO2/c1-3-15-13-16(21-2)10-11-17(15)19-18(20)12-9-14-7-5-4-6-8-14/h4-8,10-11,13H,3,9,12H2,1-2H3,(H,19,20). The van der Waals surface area contributed by atoms with Crippen molar-refractivity contribution in [2.45, 2.75) is 26.2 Å². The molecule has 3 nitrogen and oxygen atoms in total. The van der Waals surface area contributed by atoms with Crippen LogP contribution >= 0.6 is 0 Å². The zero-order valence-electron chi connectivity index (χ0n) is 12.6. The van der Waals surface area contributed by atoms with Gasteiger partial charge in [0.15, 0.2) is 0 Å². The summed E-state index contributed by atoms with van der Waals surface area (Å²) in [5, 5.41) is 2.99. The normalized spacial score (nSPS) is 10.2. The predicted octanol–water partition coefficient (Wildman–Crippen LogP) is 3.83. The van der Waals surface area contributed by atoms with Crippen LogP contribution in [0.4, 0.5) is 5.69 Å². The summed E-state index contributed by atoms with van der Waals surface area (Å²) in [7, 11) is 1.65. The molecule has 0 fully saturated rings. The number of aryl methyl sites for hydroxylation is 2. The Kier molecular flexibility index (Phi) is 5.38. The molecule has 0 heterocycles. The van der Waals surface area contributed by atoms with Crippen LogP contribution in [0.1, 0.15) is 24.5 Å². The second kappa shape index (κ2) is 7.48. The molecule has 0 saturated heterocycles. The maximum absolute atomic E-state index is 12.1. The lowest BCUT2D eigenvalue weighted by Gasteiger charge is -2.11. The zero-order chi connectivity index (χ0) is 15.1. The van der Waals surface area contributed by atoms with Gasteiger partial charge in [-0.25, -0.2) is 0 Å². The molecule has 0 aliphatic rings. The van der Waals surface area contributed by atoms with Crippen LogP contribution in [0.5, 0.6) is 5.75 Å². The van der Waals surface area contributed by atoms with Crippen LogP contribution in [0, 0.1) is 0 Å². The van der Waals surface area contributed by atoms with E-state index in [1.807, 2.05) is 48.5 Å². The van der Waals surface area contributed by atoms with Crippen molar-refractivity contribution in [1.29, 1.82) is 0 Å². The lowest BCUT2D eigenvalue weighted by atomic mass is 10.1. The van der Waals surface area contributed by atoms with Crippen LogP contribution in [-0.2, 0) is 17.6 Å². The van der Waals surface area contributed by atoms with Crippen molar-refractivity contribution in [2.24, 2.45) is 0 Å². The SMILES string of the molecule is CCc1cc(OC)ccc1NC(=O)CCc1ccccc1. The molecule has 21 heavy (non-hydrogen) atoms. The lowest BCUT2D eigenvalue weighted by molar-refractivity contribution is -0.116. The summed E-state index contributed by atoms with van der Waals surface area (Å²) in [5.74, 6) is 0.854. The number of hydrogen-bond donors (Lipinski definition) is 1. The first-order valence-electron chi connectivity index (χ1n) is 7.23. The molecule has 2 aromatic rings. The molecule has 3 heteroatoms. The van der Waals surface area contributed by atoms with Crippen molar-refractivity contribution < 1.29 is 9.53 Å². The maximum Gasteiger partial charge on any atom is 0.224 e. The van der Waals surface area contributed by atoms with Crippen molar-refractivity contribution in [2.75, 3.05) is 12.4 Å². The van der Waals surface area contributed by atoms with Crippen LogP contribution in [0.2, 0.25) is 0 Å².